The van der Waals surface area contributed by atoms with Crippen molar-refractivity contribution in [3.05, 3.63) is 75.4 Å². The molecule has 5 heterocycles. The van der Waals surface area contributed by atoms with Crippen molar-refractivity contribution in [1.82, 2.24) is 24.3 Å². The van der Waals surface area contributed by atoms with Gasteiger partial charge in [0.15, 0.2) is 0 Å². The van der Waals surface area contributed by atoms with Crippen LogP contribution in [-0.2, 0) is 19.5 Å². The summed E-state index contributed by atoms with van der Waals surface area (Å²) in [6.07, 6.45) is 5.35. The molecule has 188 valence electrons. The molecule has 1 aliphatic rings. The van der Waals surface area contributed by atoms with Crippen molar-refractivity contribution in [1.29, 1.82) is 0 Å². The highest BCUT2D eigenvalue weighted by Crippen LogP contribution is 2.31. The van der Waals surface area contributed by atoms with Crippen LogP contribution in [0.4, 0.5) is 11.5 Å². The number of benzene rings is 1. The molecule has 6 rings (SSSR count). The van der Waals surface area contributed by atoms with Crippen LogP contribution in [0.25, 0.3) is 33.1 Å². The maximum atomic E-state index is 13.4. The highest BCUT2D eigenvalue weighted by Gasteiger charge is 2.21. The quantitative estimate of drug-likeness (QED) is 0.325. The molecule has 0 spiro atoms. The maximum absolute atomic E-state index is 13.4. The Morgan fingerprint density at radius 3 is 2.81 bits per heavy atom. The van der Waals surface area contributed by atoms with E-state index < -0.39 is 0 Å². The standard InChI is InChI=1S/C28H28ClN7O/c1-17-13-18(25-20(14-17)28(37)35-11-4-12-36-27(35)21(25)16-32-36)7-9-30-22-5-6-23(29)33-26(22)19-8-10-31-24(15-19)34(2)3/h5-6,8,10,13-16,30H,4,7,9,11-12H2,1-3H3. The van der Waals surface area contributed by atoms with E-state index in [1.165, 1.54) is 0 Å². The Labute approximate surface area is 219 Å². The van der Waals surface area contributed by atoms with Gasteiger partial charge in [-0.2, -0.15) is 5.10 Å². The smallest absolute Gasteiger partial charge is 0.260 e. The van der Waals surface area contributed by atoms with E-state index in [4.69, 9.17) is 11.6 Å². The fourth-order valence-electron chi connectivity index (χ4n) is 5.32. The van der Waals surface area contributed by atoms with Gasteiger partial charge >= 0.3 is 0 Å². The summed E-state index contributed by atoms with van der Waals surface area (Å²) in [6.45, 7) is 4.29. The van der Waals surface area contributed by atoms with Crippen molar-refractivity contribution in [2.75, 3.05) is 30.9 Å². The largest absolute Gasteiger partial charge is 0.383 e. The molecule has 0 saturated heterocycles. The van der Waals surface area contributed by atoms with Crippen LogP contribution in [0.5, 0.6) is 0 Å². The Bertz CT molecular complexity index is 1720. The summed E-state index contributed by atoms with van der Waals surface area (Å²) in [5.74, 6) is 0.847. The van der Waals surface area contributed by atoms with Gasteiger partial charge in [0.2, 0.25) is 0 Å². The molecule has 0 atom stereocenters. The second kappa shape index (κ2) is 9.19. The second-order valence-electron chi connectivity index (χ2n) is 9.77. The molecule has 1 N–H and O–H groups in total. The maximum Gasteiger partial charge on any atom is 0.260 e. The number of aryl methyl sites for hydroxylation is 3. The van der Waals surface area contributed by atoms with Gasteiger partial charge in [0.05, 0.1) is 17.6 Å². The van der Waals surface area contributed by atoms with Crippen LogP contribution in [0.1, 0.15) is 17.5 Å². The SMILES string of the molecule is Cc1cc(CCNc2ccc(Cl)nc2-c2ccnc(N(C)C)c2)c2c(c1)c(=O)n1c3c2cnn3CCC1. The molecule has 0 radical (unpaired) electrons. The predicted molar refractivity (Wildman–Crippen MR) is 150 cm³/mol. The lowest BCUT2D eigenvalue weighted by molar-refractivity contribution is 0.485. The molecule has 0 fully saturated rings. The number of pyridine rings is 3. The van der Waals surface area contributed by atoms with Gasteiger partial charge in [-0.05, 0) is 55.7 Å². The molecule has 0 aliphatic carbocycles. The zero-order chi connectivity index (χ0) is 25.7. The van der Waals surface area contributed by atoms with Crippen molar-refractivity contribution in [2.24, 2.45) is 0 Å². The van der Waals surface area contributed by atoms with E-state index in [-0.39, 0.29) is 5.56 Å². The fraction of sp³-hybridized carbons (Fsp3) is 0.286. The lowest BCUT2D eigenvalue weighted by atomic mass is 9.98. The molecule has 8 nitrogen and oxygen atoms in total. The van der Waals surface area contributed by atoms with E-state index in [1.807, 2.05) is 65.6 Å². The first-order chi connectivity index (χ1) is 17.9. The molecule has 4 aromatic heterocycles. The van der Waals surface area contributed by atoms with Gasteiger partial charge in [0.25, 0.3) is 5.56 Å². The minimum Gasteiger partial charge on any atom is -0.383 e. The number of fused-ring (bicyclic) bond motifs is 2. The van der Waals surface area contributed by atoms with Crippen LogP contribution in [-0.4, -0.2) is 45.0 Å². The zero-order valence-corrected chi connectivity index (χ0v) is 21.9. The van der Waals surface area contributed by atoms with E-state index in [0.717, 1.165) is 81.6 Å². The van der Waals surface area contributed by atoms with Gasteiger partial charge in [-0.15, -0.1) is 0 Å². The normalized spacial score (nSPS) is 12.9. The van der Waals surface area contributed by atoms with E-state index in [1.54, 1.807) is 12.3 Å². The molecule has 9 heteroatoms. The first-order valence-electron chi connectivity index (χ1n) is 12.5. The third-order valence-electron chi connectivity index (χ3n) is 6.98. The molecule has 0 amide bonds. The van der Waals surface area contributed by atoms with Gasteiger partial charge in [0.1, 0.15) is 16.6 Å². The van der Waals surface area contributed by atoms with Gasteiger partial charge in [-0.25, -0.2) is 14.6 Å². The number of aromatic nitrogens is 5. The molecular weight excluding hydrogens is 486 g/mol. The minimum atomic E-state index is 0.0698. The number of hydrogen-bond acceptors (Lipinski definition) is 6. The van der Waals surface area contributed by atoms with Crippen LogP contribution in [0.3, 0.4) is 0 Å². The van der Waals surface area contributed by atoms with E-state index in [2.05, 4.69) is 26.4 Å². The van der Waals surface area contributed by atoms with Crippen LogP contribution < -0.4 is 15.8 Å². The van der Waals surface area contributed by atoms with E-state index >= 15 is 0 Å². The first-order valence-corrected chi connectivity index (χ1v) is 12.8. The summed E-state index contributed by atoms with van der Waals surface area (Å²) in [6, 6.07) is 11.9. The van der Waals surface area contributed by atoms with Gasteiger partial charge < -0.3 is 10.2 Å². The van der Waals surface area contributed by atoms with Gasteiger partial charge in [0, 0.05) is 61.6 Å². The number of nitrogens with one attached hydrogen (secondary N) is 1. The molecule has 0 bridgehead atoms. The number of nitrogens with zero attached hydrogens (tertiary/aromatic N) is 6. The predicted octanol–water partition coefficient (Wildman–Crippen LogP) is 4.89. The highest BCUT2D eigenvalue weighted by atomic mass is 35.5. The topological polar surface area (TPSA) is 80.9 Å². The molecule has 5 aromatic rings. The van der Waals surface area contributed by atoms with Crippen molar-refractivity contribution in [3.8, 4) is 11.3 Å². The zero-order valence-electron chi connectivity index (χ0n) is 21.1. The molecule has 0 unspecified atom stereocenters. The molecular formula is C28H28ClN7O. The molecule has 37 heavy (non-hydrogen) atoms. The number of anilines is 2. The number of hydrogen-bond donors (Lipinski definition) is 1. The Morgan fingerprint density at radius 1 is 1.11 bits per heavy atom. The second-order valence-corrected chi connectivity index (χ2v) is 10.2. The van der Waals surface area contributed by atoms with Crippen molar-refractivity contribution >= 4 is 44.9 Å². The Balaban J connectivity index is 1.36. The highest BCUT2D eigenvalue weighted by molar-refractivity contribution is 6.29. The summed E-state index contributed by atoms with van der Waals surface area (Å²) in [7, 11) is 3.92. The van der Waals surface area contributed by atoms with Gasteiger partial charge in [-0.3, -0.25) is 9.36 Å². The molecule has 1 aromatic carbocycles. The minimum absolute atomic E-state index is 0.0698. The summed E-state index contributed by atoms with van der Waals surface area (Å²) in [5, 5.41) is 11.4. The van der Waals surface area contributed by atoms with E-state index in [0.29, 0.717) is 11.7 Å². The Morgan fingerprint density at radius 2 is 1.97 bits per heavy atom. The average Bonchev–Trinajstić information content (AvgIpc) is 3.32. The molecule has 1 aliphatic heterocycles. The number of rotatable bonds is 6. The summed E-state index contributed by atoms with van der Waals surface area (Å²) in [5.41, 5.74) is 5.83. The van der Waals surface area contributed by atoms with Crippen molar-refractivity contribution in [2.45, 2.75) is 32.9 Å². The fourth-order valence-corrected chi connectivity index (χ4v) is 5.46. The average molecular weight is 514 g/mol. The third-order valence-corrected chi connectivity index (χ3v) is 7.19. The molecule has 0 saturated carbocycles. The third kappa shape index (κ3) is 4.11. The summed E-state index contributed by atoms with van der Waals surface area (Å²) in [4.78, 5) is 24.4. The van der Waals surface area contributed by atoms with Crippen LogP contribution in [0.2, 0.25) is 5.15 Å². The number of halogens is 1. The Kier molecular flexibility index (Phi) is 5.83. The first kappa shape index (κ1) is 23.5. The van der Waals surface area contributed by atoms with Crippen LogP contribution in [0, 0.1) is 6.92 Å². The monoisotopic (exact) mass is 513 g/mol. The van der Waals surface area contributed by atoms with E-state index in [9.17, 15) is 4.79 Å². The Hall–Kier alpha value is -3.91. The lowest BCUT2D eigenvalue weighted by Crippen LogP contribution is -2.27. The summed E-state index contributed by atoms with van der Waals surface area (Å²) < 4.78 is 3.85. The lowest BCUT2D eigenvalue weighted by Gasteiger charge is -2.19. The van der Waals surface area contributed by atoms with Crippen LogP contribution >= 0.6 is 11.6 Å². The van der Waals surface area contributed by atoms with Gasteiger partial charge in [-0.1, -0.05) is 23.2 Å². The van der Waals surface area contributed by atoms with Crippen molar-refractivity contribution < 1.29 is 0 Å². The summed E-state index contributed by atoms with van der Waals surface area (Å²) >= 11 is 6.28. The van der Waals surface area contributed by atoms with Crippen molar-refractivity contribution in [3.63, 3.8) is 0 Å². The van der Waals surface area contributed by atoms with Crippen LogP contribution in [0.15, 0.2) is 53.6 Å².